The van der Waals surface area contributed by atoms with Crippen molar-refractivity contribution in [2.75, 3.05) is 0 Å². The molecule has 0 aliphatic carbocycles. The molecule has 0 saturated heterocycles. The molecule has 115 valence electrons. The van der Waals surface area contributed by atoms with Crippen molar-refractivity contribution in [2.24, 2.45) is 0 Å². The Bertz CT molecular complexity index is 693. The summed E-state index contributed by atoms with van der Waals surface area (Å²) in [5, 5.41) is 3.02. The minimum absolute atomic E-state index is 0. The summed E-state index contributed by atoms with van der Waals surface area (Å²) < 4.78 is 0. The fourth-order valence-electron chi connectivity index (χ4n) is 2.30. The van der Waals surface area contributed by atoms with Gasteiger partial charge in [0.2, 0.25) is 0 Å². The minimum Gasteiger partial charge on any atom is -0.349 e. The van der Waals surface area contributed by atoms with Crippen LogP contribution in [0.25, 0.3) is 0 Å². The number of rotatable bonds is 3. The molecular weight excluding hydrogens is 359 g/mol. The Morgan fingerprint density at radius 1 is 1.17 bits per heavy atom. The van der Waals surface area contributed by atoms with E-state index in [1.807, 2.05) is 63.2 Å². The largest absolute Gasteiger partial charge is 0.349 e. The predicted octanol–water partition coefficient (Wildman–Crippen LogP) is 3.66. The number of hydrogen-bond donors (Lipinski definition) is 1. The molecule has 0 aliphatic rings. The molecule has 2 nitrogen and oxygen atoms in total. The van der Waals surface area contributed by atoms with Crippen molar-refractivity contribution in [3.63, 3.8) is 0 Å². The molecule has 0 fully saturated rings. The zero-order valence-corrected chi connectivity index (χ0v) is 16.6. The first-order chi connectivity index (χ1) is 10.6. The Morgan fingerprint density at radius 2 is 1.78 bits per heavy atom. The maximum Gasteiger partial charge on any atom is 0.252 e. The van der Waals surface area contributed by atoms with Gasteiger partial charge in [-0.15, -0.1) is 0 Å². The zero-order chi connectivity index (χ0) is 15.9. The molecule has 0 saturated carbocycles. The van der Waals surface area contributed by atoms with Crippen molar-refractivity contribution >= 4 is 5.91 Å². The fraction of sp³-hybridized carbons (Fsp3) is 0.250. The third-order valence-corrected chi connectivity index (χ3v) is 3.44. The smallest absolute Gasteiger partial charge is 0.252 e. The number of hydrogen-bond acceptors (Lipinski definition) is 1. The first-order valence-electron chi connectivity index (χ1n) is 7.40. The second-order valence-electron chi connectivity index (χ2n) is 5.44. The first-order valence-corrected chi connectivity index (χ1v) is 7.40. The maximum atomic E-state index is 12.4. The standard InChI is InChI=1S/C20H20NO.Y/c1-15-9-7-10-16(2)19(15)20(22)21-17(3)11-8-14-18-12-5-4-6-13-18;/h5-7,9-10,12-13,17H,11H2,1-3H3,(H,21,22);/q-1;. The van der Waals surface area contributed by atoms with E-state index in [1.54, 1.807) is 0 Å². The molecule has 1 N–H and O–H groups in total. The van der Waals surface area contributed by atoms with Crippen molar-refractivity contribution in [2.45, 2.75) is 33.2 Å². The maximum absolute atomic E-state index is 12.4. The number of nitrogens with one attached hydrogen (secondary N) is 1. The second kappa shape index (κ2) is 9.65. The number of carbonyl (C=O) groups excluding carboxylic acids is 1. The molecule has 0 spiro atoms. The Balaban J connectivity index is 0.00000264. The molecule has 23 heavy (non-hydrogen) atoms. The molecule has 2 rings (SSSR count). The van der Waals surface area contributed by atoms with Crippen molar-refractivity contribution < 1.29 is 37.5 Å². The van der Waals surface area contributed by atoms with Gasteiger partial charge in [0.1, 0.15) is 0 Å². The predicted molar refractivity (Wildman–Crippen MR) is 89.6 cm³/mol. The molecule has 3 heteroatoms. The van der Waals surface area contributed by atoms with Crippen LogP contribution < -0.4 is 5.32 Å². The van der Waals surface area contributed by atoms with Gasteiger partial charge in [-0.25, -0.2) is 0 Å². The third kappa shape index (κ3) is 5.94. The van der Waals surface area contributed by atoms with Crippen molar-refractivity contribution in [3.8, 4) is 11.8 Å². The number of amides is 1. The molecular formula is C20H20NOY-. The van der Waals surface area contributed by atoms with Gasteiger partial charge in [-0.05, 0) is 31.9 Å². The van der Waals surface area contributed by atoms with E-state index in [1.165, 1.54) is 0 Å². The van der Waals surface area contributed by atoms with Gasteiger partial charge in [0, 0.05) is 50.7 Å². The van der Waals surface area contributed by atoms with Crippen LogP contribution in [0.2, 0.25) is 0 Å². The third-order valence-electron chi connectivity index (χ3n) is 3.44. The Labute approximate surface area is 164 Å². The summed E-state index contributed by atoms with van der Waals surface area (Å²) in [5.74, 6) is 6.17. The molecule has 0 bridgehead atoms. The minimum atomic E-state index is -0.0285. The SMILES string of the molecule is Cc1cccc(C)c1C(=O)NC(C)CC#Cc1cc[c-]cc1.[Y]. The monoisotopic (exact) mass is 379 g/mol. The molecule has 1 amide bonds. The molecule has 1 radical (unpaired) electrons. The average Bonchev–Trinajstić information content (AvgIpc) is 2.48. The van der Waals surface area contributed by atoms with Gasteiger partial charge in [0.15, 0.2) is 0 Å². The van der Waals surface area contributed by atoms with Crippen molar-refractivity contribution in [1.82, 2.24) is 5.32 Å². The summed E-state index contributed by atoms with van der Waals surface area (Å²) in [6.45, 7) is 5.89. The molecule has 1 unspecified atom stereocenters. The van der Waals surface area contributed by atoms with E-state index in [2.05, 4.69) is 23.2 Å². The molecule has 0 heterocycles. The molecule has 1 atom stereocenters. The van der Waals surface area contributed by atoms with Crippen LogP contribution in [0.4, 0.5) is 0 Å². The van der Waals surface area contributed by atoms with Gasteiger partial charge >= 0.3 is 0 Å². The van der Waals surface area contributed by atoms with E-state index in [0.717, 1.165) is 22.3 Å². The van der Waals surface area contributed by atoms with Gasteiger partial charge < -0.3 is 5.32 Å². The van der Waals surface area contributed by atoms with Crippen molar-refractivity contribution in [1.29, 1.82) is 0 Å². The number of aryl methyl sites for hydroxylation is 2. The quantitative estimate of drug-likeness (QED) is 0.640. The molecule has 2 aromatic rings. The zero-order valence-electron chi connectivity index (χ0n) is 13.8. The summed E-state index contributed by atoms with van der Waals surface area (Å²) >= 11 is 0. The van der Waals surface area contributed by atoms with E-state index >= 15 is 0 Å². The molecule has 0 aromatic heterocycles. The first kappa shape index (κ1) is 19.6. The van der Waals surface area contributed by atoms with E-state index in [0.29, 0.717) is 6.42 Å². The number of benzene rings is 2. The Morgan fingerprint density at radius 3 is 2.39 bits per heavy atom. The van der Waals surface area contributed by atoms with E-state index in [9.17, 15) is 4.79 Å². The fourth-order valence-corrected chi connectivity index (χ4v) is 2.30. The van der Waals surface area contributed by atoms with Gasteiger partial charge in [-0.2, -0.15) is 30.3 Å². The van der Waals surface area contributed by atoms with Gasteiger partial charge in [-0.1, -0.05) is 35.6 Å². The topological polar surface area (TPSA) is 29.1 Å². The van der Waals surface area contributed by atoms with Crippen LogP contribution in [0.3, 0.4) is 0 Å². The van der Waals surface area contributed by atoms with Crippen LogP contribution in [0, 0.1) is 31.8 Å². The van der Waals surface area contributed by atoms with E-state index in [4.69, 9.17) is 0 Å². The van der Waals surface area contributed by atoms with Crippen LogP contribution in [-0.2, 0) is 32.7 Å². The van der Waals surface area contributed by atoms with Crippen LogP contribution in [0.1, 0.15) is 40.4 Å². The Kier molecular flexibility index (Phi) is 8.24. The average molecular weight is 379 g/mol. The Hall–Kier alpha value is -1.43. The van der Waals surface area contributed by atoms with Crippen LogP contribution >= 0.6 is 0 Å². The molecule has 2 aromatic carbocycles. The summed E-state index contributed by atoms with van der Waals surface area (Å²) in [5.41, 5.74) is 3.72. The summed E-state index contributed by atoms with van der Waals surface area (Å²) in [6, 6.07) is 16.4. The number of carbonyl (C=O) groups is 1. The summed E-state index contributed by atoms with van der Waals surface area (Å²) in [6.07, 6.45) is 0.620. The van der Waals surface area contributed by atoms with E-state index in [-0.39, 0.29) is 44.7 Å². The van der Waals surface area contributed by atoms with Crippen molar-refractivity contribution in [3.05, 3.63) is 70.8 Å². The summed E-state index contributed by atoms with van der Waals surface area (Å²) in [7, 11) is 0. The van der Waals surface area contributed by atoms with Crippen LogP contribution in [-0.4, -0.2) is 11.9 Å². The van der Waals surface area contributed by atoms with Crippen LogP contribution in [0.15, 0.2) is 42.5 Å². The van der Waals surface area contributed by atoms with E-state index < -0.39 is 0 Å². The second-order valence-corrected chi connectivity index (χ2v) is 5.44. The summed E-state index contributed by atoms with van der Waals surface area (Å²) in [4.78, 5) is 12.4. The van der Waals surface area contributed by atoms with Gasteiger partial charge in [0.25, 0.3) is 5.91 Å². The normalized spacial score (nSPS) is 10.7. The van der Waals surface area contributed by atoms with Gasteiger partial charge in [-0.3, -0.25) is 4.79 Å². The van der Waals surface area contributed by atoms with Gasteiger partial charge in [0.05, 0.1) is 0 Å². The van der Waals surface area contributed by atoms with Crippen LogP contribution in [0.5, 0.6) is 0 Å². The molecule has 0 aliphatic heterocycles.